The van der Waals surface area contributed by atoms with Gasteiger partial charge in [0, 0.05) is 49.3 Å². The summed E-state index contributed by atoms with van der Waals surface area (Å²) in [6.07, 6.45) is 0. The number of pyridine rings is 1. The second-order valence-electron chi connectivity index (χ2n) is 9.20. The quantitative estimate of drug-likeness (QED) is 0.674. The van der Waals surface area contributed by atoms with Gasteiger partial charge in [-0.2, -0.15) is 0 Å². The first-order valence-electron chi connectivity index (χ1n) is 10.8. The minimum Gasteiger partial charge on any atom is -0.478 e. The van der Waals surface area contributed by atoms with Crippen molar-refractivity contribution in [2.45, 2.75) is 32.9 Å². The van der Waals surface area contributed by atoms with Crippen LogP contribution in [0.5, 0.6) is 0 Å². The summed E-state index contributed by atoms with van der Waals surface area (Å²) in [6.45, 7) is 10.0. The van der Waals surface area contributed by atoms with Crippen molar-refractivity contribution >= 4 is 16.7 Å². The monoisotopic (exact) mass is 437 g/mol. The zero-order chi connectivity index (χ0) is 23.0. The molecule has 0 atom stereocenters. The highest BCUT2D eigenvalue weighted by atomic mass is 19.1. The van der Waals surface area contributed by atoms with Crippen molar-refractivity contribution in [3.63, 3.8) is 0 Å². The summed E-state index contributed by atoms with van der Waals surface area (Å²) in [4.78, 5) is 30.4. The van der Waals surface area contributed by atoms with Crippen LogP contribution >= 0.6 is 0 Å². The Morgan fingerprint density at radius 3 is 2.25 bits per heavy atom. The Kier molecular flexibility index (Phi) is 5.88. The van der Waals surface area contributed by atoms with Gasteiger partial charge in [-0.3, -0.25) is 19.2 Å². The van der Waals surface area contributed by atoms with E-state index in [1.807, 2.05) is 6.07 Å². The SMILES string of the molecule is CC(C)(C)N1CCN(Cc2c(C(=O)O)c3cccc(F)c3c(=O)n2-c2ccccc2)CC1. The lowest BCUT2D eigenvalue weighted by Crippen LogP contribution is -2.53. The van der Waals surface area contributed by atoms with E-state index in [0.29, 0.717) is 11.4 Å². The predicted octanol–water partition coefficient (Wildman–Crippen LogP) is 3.74. The average Bonchev–Trinajstić information content (AvgIpc) is 2.74. The highest BCUT2D eigenvalue weighted by molar-refractivity contribution is 6.04. The number of nitrogens with zero attached hydrogens (tertiary/aromatic N) is 3. The van der Waals surface area contributed by atoms with Crippen LogP contribution in [-0.4, -0.2) is 57.2 Å². The second kappa shape index (κ2) is 8.48. The minimum atomic E-state index is -1.17. The van der Waals surface area contributed by atoms with E-state index in [4.69, 9.17) is 0 Å². The Morgan fingerprint density at radius 2 is 1.66 bits per heavy atom. The van der Waals surface area contributed by atoms with Crippen LogP contribution in [0, 0.1) is 5.82 Å². The Balaban J connectivity index is 1.88. The van der Waals surface area contributed by atoms with Crippen LogP contribution in [-0.2, 0) is 6.54 Å². The smallest absolute Gasteiger partial charge is 0.338 e. The summed E-state index contributed by atoms with van der Waals surface area (Å²) in [7, 11) is 0. The Morgan fingerprint density at radius 1 is 1.00 bits per heavy atom. The number of carbonyl (C=O) groups is 1. The molecule has 0 saturated carbocycles. The second-order valence-corrected chi connectivity index (χ2v) is 9.20. The van der Waals surface area contributed by atoms with Gasteiger partial charge in [0.15, 0.2) is 0 Å². The van der Waals surface area contributed by atoms with Crippen LogP contribution in [0.3, 0.4) is 0 Å². The van der Waals surface area contributed by atoms with Crippen molar-refractivity contribution in [3.05, 3.63) is 76.0 Å². The minimum absolute atomic E-state index is 0.0267. The number of piperazine rings is 1. The molecule has 1 aliphatic rings. The molecule has 168 valence electrons. The normalized spacial score (nSPS) is 15.9. The number of halogens is 1. The van der Waals surface area contributed by atoms with Crippen molar-refractivity contribution in [2.75, 3.05) is 26.2 Å². The third-order valence-electron chi connectivity index (χ3n) is 6.18. The fourth-order valence-corrected chi connectivity index (χ4v) is 4.48. The summed E-state index contributed by atoms with van der Waals surface area (Å²) in [5.41, 5.74) is 0.383. The Labute approximate surface area is 186 Å². The predicted molar refractivity (Wildman–Crippen MR) is 123 cm³/mol. The third-order valence-corrected chi connectivity index (χ3v) is 6.18. The molecule has 0 radical (unpaired) electrons. The molecule has 1 N–H and O–H groups in total. The van der Waals surface area contributed by atoms with Gasteiger partial charge >= 0.3 is 5.97 Å². The van der Waals surface area contributed by atoms with Crippen LogP contribution < -0.4 is 5.56 Å². The van der Waals surface area contributed by atoms with Gasteiger partial charge in [0.1, 0.15) is 5.82 Å². The molecule has 0 amide bonds. The molecule has 1 aromatic heterocycles. The molecule has 6 nitrogen and oxygen atoms in total. The molecule has 0 unspecified atom stereocenters. The van der Waals surface area contributed by atoms with Gasteiger partial charge in [0.2, 0.25) is 0 Å². The maximum absolute atomic E-state index is 14.7. The number of aromatic nitrogens is 1. The van der Waals surface area contributed by atoms with E-state index in [9.17, 15) is 19.1 Å². The summed E-state index contributed by atoms with van der Waals surface area (Å²) in [5, 5.41) is 10.1. The topological polar surface area (TPSA) is 65.8 Å². The van der Waals surface area contributed by atoms with Crippen molar-refractivity contribution in [2.24, 2.45) is 0 Å². The number of hydrogen-bond donors (Lipinski definition) is 1. The molecular weight excluding hydrogens is 409 g/mol. The van der Waals surface area contributed by atoms with Gasteiger partial charge < -0.3 is 5.11 Å². The Hall–Kier alpha value is -3.03. The largest absolute Gasteiger partial charge is 0.478 e. The molecule has 4 rings (SSSR count). The molecule has 3 aromatic rings. The van der Waals surface area contributed by atoms with Gasteiger partial charge in [-0.05, 0) is 39.0 Å². The summed E-state index contributed by atoms with van der Waals surface area (Å²) in [6, 6.07) is 13.0. The van der Waals surface area contributed by atoms with Crippen LogP contribution in [0.2, 0.25) is 0 Å². The maximum Gasteiger partial charge on any atom is 0.338 e. The Bertz CT molecular complexity index is 1210. The van der Waals surface area contributed by atoms with Gasteiger partial charge in [0.25, 0.3) is 5.56 Å². The van der Waals surface area contributed by atoms with E-state index in [0.717, 1.165) is 26.2 Å². The fraction of sp³-hybridized carbons (Fsp3) is 0.360. The maximum atomic E-state index is 14.7. The molecule has 32 heavy (non-hydrogen) atoms. The molecule has 1 aliphatic heterocycles. The van der Waals surface area contributed by atoms with Crippen molar-refractivity contribution in [3.8, 4) is 5.69 Å². The number of rotatable bonds is 4. The number of carboxylic acids is 1. The summed E-state index contributed by atoms with van der Waals surface area (Å²) < 4.78 is 16.1. The summed E-state index contributed by atoms with van der Waals surface area (Å²) in [5.74, 6) is -1.89. The average molecular weight is 438 g/mol. The number of aromatic carboxylic acids is 1. The lowest BCUT2D eigenvalue weighted by molar-refractivity contribution is 0.0575. The van der Waals surface area contributed by atoms with E-state index in [1.165, 1.54) is 22.8 Å². The fourth-order valence-electron chi connectivity index (χ4n) is 4.48. The van der Waals surface area contributed by atoms with Gasteiger partial charge in [-0.15, -0.1) is 0 Å². The van der Waals surface area contributed by atoms with Gasteiger partial charge in [0.05, 0.1) is 16.6 Å². The zero-order valence-corrected chi connectivity index (χ0v) is 18.6. The molecule has 1 fully saturated rings. The number of carboxylic acid groups (broad SMARTS) is 1. The van der Waals surface area contributed by atoms with Gasteiger partial charge in [-0.25, -0.2) is 9.18 Å². The van der Waals surface area contributed by atoms with E-state index in [1.54, 1.807) is 24.3 Å². The first kappa shape index (κ1) is 22.2. The molecule has 0 bridgehead atoms. The molecule has 2 aromatic carbocycles. The number of benzene rings is 2. The highest BCUT2D eigenvalue weighted by Gasteiger charge is 2.29. The van der Waals surface area contributed by atoms with Gasteiger partial charge in [-0.1, -0.05) is 30.3 Å². The molecule has 7 heteroatoms. The standard InChI is InChI=1S/C25H28FN3O3/c1-25(2,3)28-14-12-27(13-15-28)16-20-22(24(31)32)18-10-7-11-19(26)21(18)23(30)29(20)17-8-5-4-6-9-17/h4-11H,12-16H2,1-3H3,(H,31,32). The van der Waals surface area contributed by atoms with Crippen LogP contribution in [0.15, 0.2) is 53.3 Å². The number of fused-ring (bicyclic) bond motifs is 1. The first-order valence-corrected chi connectivity index (χ1v) is 10.8. The molecule has 2 heterocycles. The van der Waals surface area contributed by atoms with E-state index in [2.05, 4.69) is 30.6 Å². The van der Waals surface area contributed by atoms with Crippen LogP contribution in [0.25, 0.3) is 16.5 Å². The van der Waals surface area contributed by atoms with Crippen LogP contribution in [0.1, 0.15) is 36.8 Å². The van der Waals surface area contributed by atoms with Crippen molar-refractivity contribution in [1.29, 1.82) is 0 Å². The lowest BCUT2D eigenvalue weighted by atomic mass is 10.0. The number of para-hydroxylation sites is 1. The molecule has 0 aliphatic carbocycles. The highest BCUT2D eigenvalue weighted by Crippen LogP contribution is 2.26. The third kappa shape index (κ3) is 4.06. The van der Waals surface area contributed by atoms with Crippen molar-refractivity contribution in [1.82, 2.24) is 14.4 Å². The molecule has 0 spiro atoms. The number of hydrogen-bond acceptors (Lipinski definition) is 4. The van der Waals surface area contributed by atoms with E-state index >= 15 is 0 Å². The van der Waals surface area contributed by atoms with E-state index < -0.39 is 17.3 Å². The molecule has 1 saturated heterocycles. The van der Waals surface area contributed by atoms with E-state index in [-0.39, 0.29) is 28.4 Å². The molecular formula is C25H28FN3O3. The van der Waals surface area contributed by atoms with Crippen LogP contribution in [0.4, 0.5) is 4.39 Å². The van der Waals surface area contributed by atoms with Crippen molar-refractivity contribution < 1.29 is 14.3 Å². The lowest BCUT2D eigenvalue weighted by Gasteiger charge is -2.42. The first-order chi connectivity index (χ1) is 15.2. The summed E-state index contributed by atoms with van der Waals surface area (Å²) >= 11 is 0. The zero-order valence-electron chi connectivity index (χ0n) is 18.6.